The molecular formula is C21H23FN6O3S. The van der Waals surface area contributed by atoms with Gasteiger partial charge in [-0.2, -0.15) is 4.98 Å². The van der Waals surface area contributed by atoms with Crippen LogP contribution >= 0.6 is 0 Å². The molecule has 1 aliphatic carbocycles. The van der Waals surface area contributed by atoms with E-state index in [1.165, 1.54) is 12.1 Å². The first kappa shape index (κ1) is 20.8. The summed E-state index contributed by atoms with van der Waals surface area (Å²) in [6.07, 6.45) is 5.89. The zero-order chi connectivity index (χ0) is 22.5. The van der Waals surface area contributed by atoms with E-state index in [9.17, 15) is 17.6 Å². The molecule has 168 valence electrons. The molecule has 1 fully saturated rings. The summed E-state index contributed by atoms with van der Waals surface area (Å²) in [6, 6.07) is 7.04. The van der Waals surface area contributed by atoms with E-state index in [2.05, 4.69) is 20.6 Å². The van der Waals surface area contributed by atoms with Gasteiger partial charge in [0.15, 0.2) is 0 Å². The smallest absolute Gasteiger partial charge is 0.246 e. The van der Waals surface area contributed by atoms with Crippen molar-refractivity contribution in [1.82, 2.24) is 19.9 Å². The largest absolute Gasteiger partial charge is 0.343 e. The van der Waals surface area contributed by atoms with E-state index in [1.807, 2.05) is 10.6 Å². The minimum Gasteiger partial charge on any atom is -0.343 e. The van der Waals surface area contributed by atoms with E-state index in [1.54, 1.807) is 18.3 Å². The Bertz CT molecular complexity index is 1300. The molecule has 1 aliphatic heterocycles. The van der Waals surface area contributed by atoms with Crippen LogP contribution in [0.1, 0.15) is 43.8 Å². The Morgan fingerprint density at radius 3 is 2.59 bits per heavy atom. The summed E-state index contributed by atoms with van der Waals surface area (Å²) < 4.78 is 38.6. The zero-order valence-corrected chi connectivity index (χ0v) is 18.0. The van der Waals surface area contributed by atoms with Crippen molar-refractivity contribution >= 4 is 38.6 Å². The maximum atomic E-state index is 13.8. The van der Waals surface area contributed by atoms with Crippen molar-refractivity contribution in [3.05, 3.63) is 42.2 Å². The molecule has 11 heteroatoms. The number of amides is 1. The fourth-order valence-electron chi connectivity index (χ4n) is 4.81. The van der Waals surface area contributed by atoms with Gasteiger partial charge in [0.05, 0.1) is 10.9 Å². The molecule has 4 N–H and O–H groups in total. The Balaban J connectivity index is 1.58. The van der Waals surface area contributed by atoms with Gasteiger partial charge in [0.1, 0.15) is 17.9 Å². The lowest BCUT2D eigenvalue weighted by Gasteiger charge is -2.43. The first-order valence-corrected chi connectivity index (χ1v) is 12.0. The standard InChI is InChI=1S/C21H23FN6O3S/c22-11-16-17-10-13-12-24-20(25-14-4-6-15(7-5-14)32(23,30)31)27-18(13)28(17)21(19(29)26-16)8-2-1-3-9-21/h4-7,10,12,16H,1-3,8-9,11H2,(H,26,29)(H2,23,30,31)(H,24,25,27)/t16-/m1/s1. The van der Waals surface area contributed by atoms with E-state index in [4.69, 9.17) is 5.14 Å². The summed E-state index contributed by atoms with van der Waals surface area (Å²) in [5.41, 5.74) is 1.08. The summed E-state index contributed by atoms with van der Waals surface area (Å²) in [4.78, 5) is 22.1. The minimum absolute atomic E-state index is 0.00240. The quantitative estimate of drug-likeness (QED) is 0.551. The SMILES string of the molecule is NS(=O)(=O)c1ccc(Nc2ncc3cc4n(c3n2)C2(CCCCC2)C(=O)N[C@@H]4CF)cc1. The highest BCUT2D eigenvalue weighted by atomic mass is 32.2. The molecule has 1 spiro atoms. The van der Waals surface area contributed by atoms with Gasteiger partial charge in [-0.15, -0.1) is 0 Å². The molecule has 0 bridgehead atoms. The van der Waals surface area contributed by atoms with E-state index in [0.717, 1.165) is 24.6 Å². The number of carbonyl (C=O) groups is 1. The predicted octanol–water partition coefficient (Wildman–Crippen LogP) is 2.62. The van der Waals surface area contributed by atoms with Crippen molar-refractivity contribution in [2.24, 2.45) is 5.14 Å². The Morgan fingerprint density at radius 1 is 1.22 bits per heavy atom. The lowest BCUT2D eigenvalue weighted by atomic mass is 9.79. The molecule has 1 saturated carbocycles. The highest BCUT2D eigenvalue weighted by Crippen LogP contribution is 2.43. The number of hydrogen-bond donors (Lipinski definition) is 3. The highest BCUT2D eigenvalue weighted by Gasteiger charge is 2.48. The molecule has 1 amide bonds. The molecule has 0 radical (unpaired) electrons. The molecule has 2 aromatic heterocycles. The van der Waals surface area contributed by atoms with Crippen molar-refractivity contribution in [2.45, 2.75) is 48.6 Å². The molecular weight excluding hydrogens is 435 g/mol. The number of alkyl halides is 1. The number of primary sulfonamides is 1. The summed E-state index contributed by atoms with van der Waals surface area (Å²) >= 11 is 0. The molecule has 0 unspecified atom stereocenters. The van der Waals surface area contributed by atoms with Gasteiger partial charge in [-0.05, 0) is 43.2 Å². The monoisotopic (exact) mass is 458 g/mol. The van der Waals surface area contributed by atoms with Crippen molar-refractivity contribution < 1.29 is 17.6 Å². The van der Waals surface area contributed by atoms with Crippen LogP contribution in [0.15, 0.2) is 41.4 Å². The molecule has 5 rings (SSSR count). The zero-order valence-electron chi connectivity index (χ0n) is 17.2. The maximum Gasteiger partial charge on any atom is 0.246 e. The summed E-state index contributed by atoms with van der Waals surface area (Å²) in [7, 11) is -3.78. The second-order valence-corrected chi connectivity index (χ2v) is 9.91. The van der Waals surface area contributed by atoms with Crippen LogP contribution in [0.5, 0.6) is 0 Å². The third kappa shape index (κ3) is 3.32. The van der Waals surface area contributed by atoms with Gasteiger partial charge >= 0.3 is 0 Å². The van der Waals surface area contributed by atoms with Gasteiger partial charge in [-0.25, -0.2) is 22.9 Å². The van der Waals surface area contributed by atoms with E-state index in [-0.39, 0.29) is 16.8 Å². The number of nitrogens with one attached hydrogen (secondary N) is 2. The number of halogens is 1. The molecule has 1 atom stereocenters. The van der Waals surface area contributed by atoms with E-state index < -0.39 is 28.3 Å². The maximum absolute atomic E-state index is 13.8. The number of carbonyl (C=O) groups excluding carboxylic acids is 1. The van der Waals surface area contributed by atoms with Crippen molar-refractivity contribution in [3.8, 4) is 0 Å². The van der Waals surface area contributed by atoms with Gasteiger partial charge in [-0.1, -0.05) is 19.3 Å². The first-order chi connectivity index (χ1) is 15.3. The van der Waals surface area contributed by atoms with Crippen molar-refractivity contribution in [3.63, 3.8) is 0 Å². The molecule has 2 aliphatic rings. The summed E-state index contributed by atoms with van der Waals surface area (Å²) in [6.45, 7) is -0.701. The Kier molecular flexibility index (Phi) is 4.90. The normalized spacial score (nSPS) is 20.2. The van der Waals surface area contributed by atoms with E-state index in [0.29, 0.717) is 29.9 Å². The van der Waals surface area contributed by atoms with Gasteiger partial charge < -0.3 is 15.2 Å². The minimum atomic E-state index is -3.78. The van der Waals surface area contributed by atoms with Crippen molar-refractivity contribution in [2.75, 3.05) is 12.0 Å². The molecule has 1 aromatic carbocycles. The molecule has 0 saturated heterocycles. The predicted molar refractivity (Wildman–Crippen MR) is 117 cm³/mol. The lowest BCUT2D eigenvalue weighted by Crippen LogP contribution is -2.56. The average molecular weight is 459 g/mol. The van der Waals surface area contributed by atoms with Crippen LogP contribution < -0.4 is 15.8 Å². The van der Waals surface area contributed by atoms with Crippen LogP contribution in [-0.2, 0) is 20.4 Å². The summed E-state index contributed by atoms with van der Waals surface area (Å²) in [5, 5.41) is 11.8. The number of rotatable bonds is 4. The molecule has 9 nitrogen and oxygen atoms in total. The Hall–Kier alpha value is -3.05. The van der Waals surface area contributed by atoms with Gasteiger partial charge in [0.2, 0.25) is 21.9 Å². The second kappa shape index (κ2) is 7.52. The van der Waals surface area contributed by atoms with Crippen LogP contribution in [0.3, 0.4) is 0 Å². The number of fused-ring (bicyclic) bond motifs is 4. The Labute approximate surface area is 184 Å². The van der Waals surface area contributed by atoms with Crippen LogP contribution in [0, 0.1) is 0 Å². The van der Waals surface area contributed by atoms with Crippen molar-refractivity contribution in [1.29, 1.82) is 0 Å². The number of nitrogens with two attached hydrogens (primary N) is 1. The third-order valence-electron chi connectivity index (χ3n) is 6.36. The second-order valence-electron chi connectivity index (χ2n) is 8.34. The molecule has 3 aromatic rings. The molecule has 32 heavy (non-hydrogen) atoms. The van der Waals surface area contributed by atoms with Crippen LogP contribution in [-0.4, -0.2) is 35.5 Å². The third-order valence-corrected chi connectivity index (χ3v) is 7.29. The highest BCUT2D eigenvalue weighted by molar-refractivity contribution is 7.89. The number of hydrogen-bond acceptors (Lipinski definition) is 6. The number of aromatic nitrogens is 3. The number of benzene rings is 1. The van der Waals surface area contributed by atoms with Gasteiger partial charge in [0, 0.05) is 23.0 Å². The number of nitrogens with zero attached hydrogens (tertiary/aromatic N) is 3. The number of sulfonamides is 1. The first-order valence-electron chi connectivity index (χ1n) is 10.5. The van der Waals surface area contributed by atoms with Gasteiger partial charge in [-0.3, -0.25) is 4.79 Å². The lowest BCUT2D eigenvalue weighted by molar-refractivity contribution is -0.134. The summed E-state index contributed by atoms with van der Waals surface area (Å²) in [5.74, 6) is 0.132. The van der Waals surface area contributed by atoms with Crippen LogP contribution in [0.4, 0.5) is 16.0 Å². The fraction of sp³-hybridized carbons (Fsp3) is 0.381. The number of anilines is 2. The Morgan fingerprint density at radius 2 is 1.94 bits per heavy atom. The fourth-order valence-corrected chi connectivity index (χ4v) is 5.32. The van der Waals surface area contributed by atoms with Crippen LogP contribution in [0.2, 0.25) is 0 Å². The van der Waals surface area contributed by atoms with E-state index >= 15 is 0 Å². The average Bonchev–Trinajstić information content (AvgIpc) is 3.16. The topological polar surface area (TPSA) is 132 Å². The van der Waals surface area contributed by atoms with Crippen LogP contribution in [0.25, 0.3) is 11.0 Å². The molecule has 3 heterocycles. The van der Waals surface area contributed by atoms with Gasteiger partial charge in [0.25, 0.3) is 0 Å².